The van der Waals surface area contributed by atoms with Crippen molar-refractivity contribution in [2.75, 3.05) is 0 Å². The van der Waals surface area contributed by atoms with E-state index >= 15 is 0 Å². The van der Waals surface area contributed by atoms with Crippen LogP contribution in [-0.4, -0.2) is 24.9 Å². The lowest BCUT2D eigenvalue weighted by molar-refractivity contribution is 0.474. The minimum Gasteiger partial charge on any atom is -0.508 e. The number of rotatable bonds is 4. The first-order valence-corrected chi connectivity index (χ1v) is 9.87. The fourth-order valence-electron chi connectivity index (χ4n) is 3.38. The van der Waals surface area contributed by atoms with E-state index in [0.29, 0.717) is 51.1 Å². The SMILES string of the molecule is CCc1nn(-c2c(Cl)cc(C)cc2Cl)c2nc(Cc3cccc(O)c3)[nH]c(=O)c12. The van der Waals surface area contributed by atoms with Gasteiger partial charge < -0.3 is 10.1 Å². The van der Waals surface area contributed by atoms with E-state index in [1.165, 1.54) is 0 Å². The van der Waals surface area contributed by atoms with Crippen molar-refractivity contribution < 1.29 is 5.11 Å². The molecule has 0 radical (unpaired) electrons. The Kier molecular flexibility index (Phi) is 5.06. The molecule has 0 aliphatic heterocycles. The molecule has 0 saturated heterocycles. The zero-order chi connectivity index (χ0) is 20.7. The van der Waals surface area contributed by atoms with Crippen molar-refractivity contribution in [2.24, 2.45) is 0 Å². The summed E-state index contributed by atoms with van der Waals surface area (Å²) >= 11 is 12.9. The summed E-state index contributed by atoms with van der Waals surface area (Å²) in [6, 6.07) is 10.4. The van der Waals surface area contributed by atoms with Crippen LogP contribution in [0.25, 0.3) is 16.7 Å². The van der Waals surface area contributed by atoms with Crippen molar-refractivity contribution in [1.29, 1.82) is 0 Å². The third-order valence-electron chi connectivity index (χ3n) is 4.65. The topological polar surface area (TPSA) is 83.8 Å². The zero-order valence-electron chi connectivity index (χ0n) is 15.8. The first kappa shape index (κ1) is 19.5. The van der Waals surface area contributed by atoms with Crippen LogP contribution in [-0.2, 0) is 12.8 Å². The number of aryl methyl sites for hydroxylation is 2. The molecule has 4 rings (SSSR count). The Labute approximate surface area is 176 Å². The molecule has 2 aromatic heterocycles. The van der Waals surface area contributed by atoms with Crippen molar-refractivity contribution >= 4 is 34.2 Å². The predicted molar refractivity (Wildman–Crippen MR) is 115 cm³/mol. The molecule has 0 fully saturated rings. The van der Waals surface area contributed by atoms with Gasteiger partial charge in [0.2, 0.25) is 0 Å². The molecule has 148 valence electrons. The van der Waals surface area contributed by atoms with Gasteiger partial charge in [0.1, 0.15) is 22.6 Å². The molecule has 6 nitrogen and oxygen atoms in total. The monoisotopic (exact) mass is 428 g/mol. The number of hydrogen-bond acceptors (Lipinski definition) is 4. The molecule has 2 N–H and O–H groups in total. The van der Waals surface area contributed by atoms with Crippen molar-refractivity contribution in [3.63, 3.8) is 0 Å². The standard InChI is InChI=1S/C21H18Cl2N4O2/c1-3-16-18-20(27(26-16)19-14(22)7-11(2)8-15(19)23)24-17(25-21(18)29)10-12-5-4-6-13(28)9-12/h4-9,28H,3,10H2,1-2H3,(H,24,25,29). The summed E-state index contributed by atoms with van der Waals surface area (Å²) in [5.74, 6) is 0.610. The summed E-state index contributed by atoms with van der Waals surface area (Å²) in [6.45, 7) is 3.82. The third-order valence-corrected chi connectivity index (χ3v) is 5.23. The highest BCUT2D eigenvalue weighted by Gasteiger charge is 2.20. The second-order valence-corrected chi connectivity index (χ2v) is 7.66. The van der Waals surface area contributed by atoms with E-state index in [9.17, 15) is 9.90 Å². The highest BCUT2D eigenvalue weighted by atomic mass is 35.5. The van der Waals surface area contributed by atoms with E-state index in [1.54, 1.807) is 35.0 Å². The van der Waals surface area contributed by atoms with Crippen LogP contribution in [0.15, 0.2) is 41.2 Å². The number of aromatic hydroxyl groups is 1. The van der Waals surface area contributed by atoms with Gasteiger partial charge in [-0.2, -0.15) is 5.10 Å². The first-order chi connectivity index (χ1) is 13.9. The number of fused-ring (bicyclic) bond motifs is 1. The predicted octanol–water partition coefficient (Wildman–Crippen LogP) is 4.58. The van der Waals surface area contributed by atoms with Gasteiger partial charge in [0.25, 0.3) is 5.56 Å². The molecule has 0 aliphatic rings. The van der Waals surface area contributed by atoms with Crippen molar-refractivity contribution in [3.05, 3.63) is 79.4 Å². The van der Waals surface area contributed by atoms with Gasteiger partial charge in [-0.15, -0.1) is 0 Å². The normalized spacial score (nSPS) is 11.3. The number of aromatic amines is 1. The largest absolute Gasteiger partial charge is 0.508 e. The van der Waals surface area contributed by atoms with Gasteiger partial charge in [-0.3, -0.25) is 4.79 Å². The smallest absolute Gasteiger partial charge is 0.262 e. The molecular formula is C21H18Cl2N4O2. The summed E-state index contributed by atoms with van der Waals surface area (Å²) < 4.78 is 1.54. The summed E-state index contributed by atoms with van der Waals surface area (Å²) in [6.07, 6.45) is 0.906. The average Bonchev–Trinajstić information content (AvgIpc) is 3.00. The van der Waals surface area contributed by atoms with Gasteiger partial charge in [-0.1, -0.05) is 42.3 Å². The van der Waals surface area contributed by atoms with Gasteiger partial charge in [0, 0.05) is 6.42 Å². The number of phenolic OH excluding ortho intramolecular Hbond substituents is 1. The number of H-pyrrole nitrogens is 1. The zero-order valence-corrected chi connectivity index (χ0v) is 17.3. The lowest BCUT2D eigenvalue weighted by atomic mass is 10.1. The van der Waals surface area contributed by atoms with Gasteiger partial charge in [-0.05, 0) is 48.7 Å². The van der Waals surface area contributed by atoms with Gasteiger partial charge in [0.15, 0.2) is 5.65 Å². The fourth-order valence-corrected chi connectivity index (χ4v) is 4.14. The molecule has 0 aliphatic carbocycles. The Morgan fingerprint density at radius 3 is 2.55 bits per heavy atom. The lowest BCUT2D eigenvalue weighted by Gasteiger charge is -2.10. The first-order valence-electron chi connectivity index (χ1n) is 9.12. The van der Waals surface area contributed by atoms with Crippen LogP contribution in [0.5, 0.6) is 5.75 Å². The van der Waals surface area contributed by atoms with Crippen LogP contribution >= 0.6 is 23.2 Å². The summed E-state index contributed by atoms with van der Waals surface area (Å²) in [4.78, 5) is 20.3. The number of hydrogen-bond donors (Lipinski definition) is 2. The third kappa shape index (κ3) is 3.61. The van der Waals surface area contributed by atoms with Gasteiger partial charge in [0.05, 0.1) is 15.7 Å². The minimum atomic E-state index is -0.271. The fraction of sp³-hybridized carbons (Fsp3) is 0.190. The van der Waals surface area contributed by atoms with E-state index in [4.69, 9.17) is 23.2 Å². The van der Waals surface area contributed by atoms with E-state index < -0.39 is 0 Å². The maximum Gasteiger partial charge on any atom is 0.262 e. The molecule has 2 heterocycles. The average molecular weight is 429 g/mol. The van der Waals surface area contributed by atoms with E-state index in [2.05, 4.69) is 15.1 Å². The molecule has 0 amide bonds. The molecular weight excluding hydrogens is 411 g/mol. The van der Waals surface area contributed by atoms with Gasteiger partial charge >= 0.3 is 0 Å². The van der Waals surface area contributed by atoms with E-state index in [1.807, 2.05) is 19.9 Å². The number of phenols is 1. The van der Waals surface area contributed by atoms with E-state index in [-0.39, 0.29) is 11.3 Å². The van der Waals surface area contributed by atoms with Crippen LogP contribution in [0, 0.1) is 6.92 Å². The van der Waals surface area contributed by atoms with E-state index in [0.717, 1.165) is 11.1 Å². The quantitative estimate of drug-likeness (QED) is 0.497. The second-order valence-electron chi connectivity index (χ2n) is 6.85. The number of nitrogens with one attached hydrogen (secondary N) is 1. The Morgan fingerprint density at radius 2 is 1.90 bits per heavy atom. The van der Waals surface area contributed by atoms with Crippen LogP contribution < -0.4 is 5.56 Å². The number of nitrogens with zero attached hydrogens (tertiary/aromatic N) is 3. The maximum absolute atomic E-state index is 12.8. The number of aromatic nitrogens is 4. The van der Waals surface area contributed by atoms with Crippen molar-refractivity contribution in [3.8, 4) is 11.4 Å². The molecule has 0 unspecified atom stereocenters. The van der Waals surface area contributed by atoms with Crippen LogP contribution in [0.1, 0.15) is 29.6 Å². The Bertz CT molecular complexity index is 1270. The molecule has 0 spiro atoms. The molecule has 2 aromatic carbocycles. The summed E-state index contributed by atoms with van der Waals surface area (Å²) in [5, 5.41) is 15.5. The maximum atomic E-state index is 12.8. The molecule has 29 heavy (non-hydrogen) atoms. The second kappa shape index (κ2) is 7.54. The Balaban J connectivity index is 1.94. The molecule has 0 bridgehead atoms. The number of benzene rings is 2. The molecule has 0 saturated carbocycles. The molecule has 8 heteroatoms. The Hall–Kier alpha value is -2.83. The highest BCUT2D eigenvalue weighted by Crippen LogP contribution is 2.32. The van der Waals surface area contributed by atoms with Crippen LogP contribution in [0.4, 0.5) is 0 Å². The molecule has 0 atom stereocenters. The minimum absolute atomic E-state index is 0.155. The Morgan fingerprint density at radius 1 is 1.17 bits per heavy atom. The lowest BCUT2D eigenvalue weighted by Crippen LogP contribution is -2.13. The molecule has 4 aromatic rings. The van der Waals surface area contributed by atoms with Crippen LogP contribution in [0.3, 0.4) is 0 Å². The van der Waals surface area contributed by atoms with Crippen molar-refractivity contribution in [2.45, 2.75) is 26.7 Å². The van der Waals surface area contributed by atoms with Gasteiger partial charge in [-0.25, -0.2) is 9.67 Å². The van der Waals surface area contributed by atoms with Crippen molar-refractivity contribution in [1.82, 2.24) is 19.7 Å². The highest BCUT2D eigenvalue weighted by molar-refractivity contribution is 6.38. The number of halogens is 2. The summed E-state index contributed by atoms with van der Waals surface area (Å²) in [7, 11) is 0. The van der Waals surface area contributed by atoms with Crippen LogP contribution in [0.2, 0.25) is 10.0 Å². The summed E-state index contributed by atoms with van der Waals surface area (Å²) in [5.41, 5.74) is 2.98.